The molecule has 0 atom stereocenters. The van der Waals surface area contributed by atoms with E-state index in [1.807, 2.05) is 6.92 Å². The van der Waals surface area contributed by atoms with E-state index in [2.05, 4.69) is 15.2 Å². The Labute approximate surface area is 187 Å². The monoisotopic (exact) mass is 456 g/mol. The second-order valence-corrected chi connectivity index (χ2v) is 8.14. The molecular weight excluding hydrogens is 436 g/mol. The van der Waals surface area contributed by atoms with E-state index >= 15 is 0 Å². The van der Waals surface area contributed by atoms with Crippen molar-refractivity contribution in [1.82, 2.24) is 19.6 Å². The molecule has 0 bridgehead atoms. The van der Waals surface area contributed by atoms with Crippen molar-refractivity contribution < 1.29 is 22.3 Å². The highest BCUT2D eigenvalue weighted by Crippen LogP contribution is 2.41. The van der Waals surface area contributed by atoms with Gasteiger partial charge in [0.1, 0.15) is 17.1 Å². The van der Waals surface area contributed by atoms with E-state index in [9.17, 15) is 17.6 Å². The van der Waals surface area contributed by atoms with Gasteiger partial charge in [-0.1, -0.05) is 13.0 Å². The number of aromatic nitrogens is 4. The number of nitrogens with zero attached hydrogens (tertiary/aromatic N) is 4. The fourth-order valence-electron chi connectivity index (χ4n) is 3.83. The Morgan fingerprint density at radius 3 is 2.61 bits per heavy atom. The van der Waals surface area contributed by atoms with Gasteiger partial charge in [0.15, 0.2) is 17.2 Å². The van der Waals surface area contributed by atoms with Crippen LogP contribution in [0.4, 0.5) is 17.6 Å². The highest BCUT2D eigenvalue weighted by molar-refractivity contribution is 5.75. The van der Waals surface area contributed by atoms with Crippen molar-refractivity contribution in [3.8, 4) is 22.6 Å². The van der Waals surface area contributed by atoms with Gasteiger partial charge in [0, 0.05) is 30.6 Å². The van der Waals surface area contributed by atoms with Gasteiger partial charge in [-0.3, -0.25) is 9.38 Å². The Morgan fingerprint density at radius 1 is 1.09 bits per heavy atom. The molecule has 3 heterocycles. The van der Waals surface area contributed by atoms with Crippen molar-refractivity contribution in [2.24, 2.45) is 5.92 Å². The molecule has 33 heavy (non-hydrogen) atoms. The van der Waals surface area contributed by atoms with Crippen LogP contribution in [0.25, 0.3) is 16.8 Å². The summed E-state index contributed by atoms with van der Waals surface area (Å²) < 4.78 is 64.1. The number of pyridine rings is 2. The molecule has 0 saturated heterocycles. The maximum absolute atomic E-state index is 14.8. The molecule has 1 fully saturated rings. The number of fused-ring (bicyclic) bond motifs is 1. The topological polar surface area (TPSA) is 52.3 Å². The van der Waals surface area contributed by atoms with Gasteiger partial charge in [0.25, 0.3) is 0 Å². The average molecular weight is 456 g/mol. The predicted octanol–water partition coefficient (Wildman–Crippen LogP) is 6.26. The third-order valence-electron chi connectivity index (χ3n) is 5.72. The maximum atomic E-state index is 14.8. The summed E-state index contributed by atoms with van der Waals surface area (Å²) in [4.78, 5) is 4.16. The molecule has 4 aromatic rings. The molecular formula is C24H20F4N4O. The zero-order chi connectivity index (χ0) is 23.2. The van der Waals surface area contributed by atoms with Crippen LogP contribution < -0.4 is 4.74 Å². The third-order valence-corrected chi connectivity index (χ3v) is 5.72. The zero-order valence-corrected chi connectivity index (χ0v) is 17.7. The quantitative estimate of drug-likeness (QED) is 0.322. The molecule has 1 aliphatic rings. The fraction of sp³-hybridized carbons (Fsp3) is 0.292. The minimum Gasteiger partial charge on any atom is -0.454 e. The molecule has 1 aliphatic carbocycles. The largest absolute Gasteiger partial charge is 0.454 e. The molecule has 5 rings (SSSR count). The van der Waals surface area contributed by atoms with Gasteiger partial charge in [-0.15, -0.1) is 10.2 Å². The molecule has 5 nitrogen and oxygen atoms in total. The number of hydrogen-bond acceptors (Lipinski definition) is 4. The van der Waals surface area contributed by atoms with E-state index in [0.717, 1.165) is 24.6 Å². The SMILES string of the molecule is CCc1cc(Oc2ccc(-c3ccn4c(CC5CC5)nnc4c3C(F)(F)F)cc2F)ccn1. The van der Waals surface area contributed by atoms with Gasteiger partial charge in [0.05, 0.1) is 0 Å². The van der Waals surface area contributed by atoms with E-state index in [4.69, 9.17) is 4.74 Å². The van der Waals surface area contributed by atoms with Crippen molar-refractivity contribution in [1.29, 1.82) is 0 Å². The van der Waals surface area contributed by atoms with Crippen molar-refractivity contribution >= 4 is 5.65 Å². The number of halogens is 4. The van der Waals surface area contributed by atoms with Crippen molar-refractivity contribution in [2.75, 3.05) is 0 Å². The number of aryl methyl sites for hydroxylation is 1. The molecule has 1 saturated carbocycles. The van der Waals surface area contributed by atoms with Crippen LogP contribution >= 0.6 is 0 Å². The summed E-state index contributed by atoms with van der Waals surface area (Å²) in [5.41, 5.74) is -0.523. The van der Waals surface area contributed by atoms with Gasteiger partial charge in [-0.2, -0.15) is 13.2 Å². The summed E-state index contributed by atoms with van der Waals surface area (Å²) in [6.45, 7) is 1.93. The lowest BCUT2D eigenvalue weighted by Gasteiger charge is -2.15. The summed E-state index contributed by atoms with van der Waals surface area (Å²) in [7, 11) is 0. The van der Waals surface area contributed by atoms with Crippen LogP contribution in [0.3, 0.4) is 0 Å². The van der Waals surface area contributed by atoms with Crippen LogP contribution in [-0.4, -0.2) is 19.6 Å². The zero-order valence-electron chi connectivity index (χ0n) is 17.7. The minimum atomic E-state index is -4.69. The molecule has 9 heteroatoms. The standard InChI is InChI=1S/C24H20F4N4O/c1-2-16-13-17(7-9-29-16)33-20-6-5-15(12-19(20)25)18-8-10-32-21(11-14-3-4-14)30-31-23(32)22(18)24(26,27)28/h5-10,12-14H,2-4,11H2,1H3. The van der Waals surface area contributed by atoms with Crippen LogP contribution in [0.5, 0.6) is 11.5 Å². The number of hydrogen-bond donors (Lipinski definition) is 0. The summed E-state index contributed by atoms with van der Waals surface area (Å²) >= 11 is 0. The van der Waals surface area contributed by atoms with E-state index in [0.29, 0.717) is 30.3 Å². The van der Waals surface area contributed by atoms with E-state index in [1.54, 1.807) is 18.3 Å². The first-order valence-corrected chi connectivity index (χ1v) is 10.7. The molecule has 0 radical (unpaired) electrons. The number of rotatable bonds is 6. The van der Waals surface area contributed by atoms with Crippen molar-refractivity contribution in [2.45, 2.75) is 38.8 Å². The summed E-state index contributed by atoms with van der Waals surface area (Å²) in [6.07, 6.45) is 1.75. The highest BCUT2D eigenvalue weighted by Gasteiger charge is 2.38. The van der Waals surface area contributed by atoms with Gasteiger partial charge >= 0.3 is 6.18 Å². The van der Waals surface area contributed by atoms with Crippen LogP contribution in [-0.2, 0) is 19.0 Å². The lowest BCUT2D eigenvalue weighted by atomic mass is 10.0. The van der Waals surface area contributed by atoms with Crippen LogP contribution in [0.15, 0.2) is 48.8 Å². The summed E-state index contributed by atoms with van der Waals surface area (Å²) in [6, 6.07) is 8.38. The van der Waals surface area contributed by atoms with Crippen molar-refractivity contribution in [3.63, 3.8) is 0 Å². The van der Waals surface area contributed by atoms with Gasteiger partial charge in [0.2, 0.25) is 0 Å². The third kappa shape index (κ3) is 4.27. The average Bonchev–Trinajstić information content (AvgIpc) is 3.52. The predicted molar refractivity (Wildman–Crippen MR) is 114 cm³/mol. The van der Waals surface area contributed by atoms with Crippen LogP contribution in [0.1, 0.15) is 36.8 Å². The second kappa shape index (κ2) is 8.13. The molecule has 1 aromatic carbocycles. The smallest absolute Gasteiger partial charge is 0.420 e. The first kappa shape index (κ1) is 21.4. The second-order valence-electron chi connectivity index (χ2n) is 8.14. The Hall–Kier alpha value is -3.49. The maximum Gasteiger partial charge on any atom is 0.420 e. The lowest BCUT2D eigenvalue weighted by Crippen LogP contribution is -2.11. The first-order chi connectivity index (χ1) is 15.8. The molecule has 0 unspecified atom stereocenters. The van der Waals surface area contributed by atoms with E-state index < -0.39 is 17.6 Å². The molecule has 0 aliphatic heterocycles. The molecule has 0 amide bonds. The fourth-order valence-corrected chi connectivity index (χ4v) is 3.83. The number of benzene rings is 1. The Kier molecular flexibility index (Phi) is 5.26. The normalized spacial score (nSPS) is 14.1. The van der Waals surface area contributed by atoms with Crippen LogP contribution in [0.2, 0.25) is 0 Å². The summed E-state index contributed by atoms with van der Waals surface area (Å²) in [5.74, 6) is 0.491. The number of ether oxygens (including phenoxy) is 1. The molecule has 3 aromatic heterocycles. The van der Waals surface area contributed by atoms with Gasteiger partial charge in [-0.05, 0) is 60.6 Å². The Bertz CT molecular complexity index is 1330. The van der Waals surface area contributed by atoms with Gasteiger partial charge in [-0.25, -0.2) is 4.39 Å². The first-order valence-electron chi connectivity index (χ1n) is 10.7. The number of alkyl halides is 3. The lowest BCUT2D eigenvalue weighted by molar-refractivity contribution is -0.136. The molecule has 170 valence electrons. The summed E-state index contributed by atoms with van der Waals surface area (Å²) in [5, 5.41) is 7.82. The Morgan fingerprint density at radius 2 is 1.91 bits per heavy atom. The van der Waals surface area contributed by atoms with Crippen molar-refractivity contribution in [3.05, 3.63) is 71.7 Å². The van der Waals surface area contributed by atoms with E-state index in [-0.39, 0.29) is 22.5 Å². The van der Waals surface area contributed by atoms with Gasteiger partial charge < -0.3 is 4.74 Å². The Balaban J connectivity index is 1.53. The van der Waals surface area contributed by atoms with E-state index in [1.165, 1.54) is 28.8 Å². The minimum absolute atomic E-state index is 0.0744. The highest BCUT2D eigenvalue weighted by atomic mass is 19.4. The van der Waals surface area contributed by atoms with Crippen LogP contribution in [0, 0.1) is 11.7 Å². The molecule has 0 N–H and O–H groups in total. The molecule has 0 spiro atoms.